The summed E-state index contributed by atoms with van der Waals surface area (Å²) in [6, 6.07) is 14.5. The molecule has 1 unspecified atom stereocenters. The normalized spacial score (nSPS) is 12.8. The van der Waals surface area contributed by atoms with Crippen LogP contribution in [0.1, 0.15) is 31.0 Å². The standard InChI is InChI=1S/C22H31N3O4S/c1-6-25(17(2)18-11-9-12-20(14-18)29-5)16-22(26)23-15-19-10-7-8-13-21(19)30(27,28)24(3)4/h7-14,17H,6,15-16H2,1-5H3,(H,23,26). The highest BCUT2D eigenvalue weighted by Crippen LogP contribution is 2.23. The first-order chi connectivity index (χ1) is 14.2. The van der Waals surface area contributed by atoms with E-state index in [1.165, 1.54) is 18.4 Å². The summed E-state index contributed by atoms with van der Waals surface area (Å²) in [6.07, 6.45) is 0. The fourth-order valence-corrected chi connectivity index (χ4v) is 4.28. The molecule has 0 saturated carbocycles. The van der Waals surface area contributed by atoms with Crippen LogP contribution in [-0.4, -0.2) is 57.8 Å². The third-order valence-electron chi connectivity index (χ3n) is 5.08. The van der Waals surface area contributed by atoms with Gasteiger partial charge in [-0.2, -0.15) is 0 Å². The van der Waals surface area contributed by atoms with Crippen LogP contribution in [0, 0.1) is 0 Å². The van der Waals surface area contributed by atoms with E-state index in [-0.39, 0.29) is 29.9 Å². The van der Waals surface area contributed by atoms with Crippen molar-refractivity contribution in [3.8, 4) is 5.75 Å². The fraction of sp³-hybridized carbons (Fsp3) is 0.409. The van der Waals surface area contributed by atoms with E-state index in [0.717, 1.165) is 11.3 Å². The lowest BCUT2D eigenvalue weighted by Crippen LogP contribution is -2.38. The summed E-state index contributed by atoms with van der Waals surface area (Å²) < 4.78 is 31.5. The molecule has 0 fully saturated rings. The van der Waals surface area contributed by atoms with E-state index < -0.39 is 10.0 Å². The van der Waals surface area contributed by atoms with Crippen molar-refractivity contribution in [2.75, 3.05) is 34.3 Å². The molecule has 0 aliphatic carbocycles. The van der Waals surface area contributed by atoms with Crippen LogP contribution in [0.15, 0.2) is 53.4 Å². The zero-order valence-corrected chi connectivity index (χ0v) is 19.1. The number of likely N-dealkylation sites (N-methyl/N-ethyl adjacent to an activating group) is 1. The molecule has 0 aliphatic rings. The molecule has 8 heteroatoms. The number of hydrogen-bond donors (Lipinski definition) is 1. The van der Waals surface area contributed by atoms with Gasteiger partial charge >= 0.3 is 0 Å². The Morgan fingerprint density at radius 2 is 1.83 bits per heavy atom. The van der Waals surface area contributed by atoms with Crippen molar-refractivity contribution in [3.05, 3.63) is 59.7 Å². The Bertz CT molecular complexity index is 960. The average molecular weight is 434 g/mol. The lowest BCUT2D eigenvalue weighted by atomic mass is 10.1. The fourth-order valence-electron chi connectivity index (χ4n) is 3.17. The maximum Gasteiger partial charge on any atom is 0.242 e. The molecule has 1 amide bonds. The molecule has 2 rings (SSSR count). The molecule has 1 atom stereocenters. The molecule has 0 radical (unpaired) electrons. The van der Waals surface area contributed by atoms with E-state index in [4.69, 9.17) is 4.74 Å². The largest absolute Gasteiger partial charge is 0.497 e. The van der Waals surface area contributed by atoms with Crippen LogP contribution in [0.3, 0.4) is 0 Å². The van der Waals surface area contributed by atoms with Crippen molar-refractivity contribution in [2.45, 2.75) is 31.3 Å². The molecule has 1 N–H and O–H groups in total. The zero-order valence-electron chi connectivity index (χ0n) is 18.3. The van der Waals surface area contributed by atoms with Crippen LogP contribution >= 0.6 is 0 Å². The summed E-state index contributed by atoms with van der Waals surface area (Å²) in [7, 11) is 1.03. The van der Waals surface area contributed by atoms with Gasteiger partial charge in [0.05, 0.1) is 18.6 Å². The highest BCUT2D eigenvalue weighted by molar-refractivity contribution is 7.89. The van der Waals surface area contributed by atoms with Gasteiger partial charge in [-0.15, -0.1) is 0 Å². The molecule has 0 heterocycles. The summed E-state index contributed by atoms with van der Waals surface area (Å²) in [5.41, 5.74) is 1.62. The quantitative estimate of drug-likeness (QED) is 0.623. The van der Waals surface area contributed by atoms with E-state index in [9.17, 15) is 13.2 Å². The van der Waals surface area contributed by atoms with Crippen LogP contribution < -0.4 is 10.1 Å². The third kappa shape index (κ3) is 5.81. The van der Waals surface area contributed by atoms with Crippen molar-refractivity contribution in [3.63, 3.8) is 0 Å². The molecule has 0 saturated heterocycles. The number of benzene rings is 2. The molecule has 30 heavy (non-hydrogen) atoms. The Hall–Kier alpha value is -2.42. The number of nitrogens with zero attached hydrogens (tertiary/aromatic N) is 2. The lowest BCUT2D eigenvalue weighted by Gasteiger charge is -2.28. The van der Waals surface area contributed by atoms with Crippen molar-refractivity contribution in [1.82, 2.24) is 14.5 Å². The second kappa shape index (κ2) is 10.6. The second-order valence-corrected chi connectivity index (χ2v) is 9.31. The second-order valence-electron chi connectivity index (χ2n) is 7.19. The smallest absolute Gasteiger partial charge is 0.242 e. The number of rotatable bonds is 10. The Labute approximate surface area is 179 Å². The number of carbonyl (C=O) groups excluding carboxylic acids is 1. The van der Waals surface area contributed by atoms with Crippen LogP contribution in [0.4, 0.5) is 0 Å². The number of ether oxygens (including phenoxy) is 1. The Morgan fingerprint density at radius 3 is 2.47 bits per heavy atom. The number of sulfonamides is 1. The Kier molecular flexibility index (Phi) is 8.40. The molecule has 0 aromatic heterocycles. The third-order valence-corrected chi connectivity index (χ3v) is 7.00. The van der Waals surface area contributed by atoms with Gasteiger partial charge in [-0.05, 0) is 42.8 Å². The summed E-state index contributed by atoms with van der Waals surface area (Å²) in [5, 5.41) is 2.86. The van der Waals surface area contributed by atoms with Gasteiger partial charge in [0.15, 0.2) is 0 Å². The minimum Gasteiger partial charge on any atom is -0.497 e. The van der Waals surface area contributed by atoms with Gasteiger partial charge in [0.2, 0.25) is 15.9 Å². The molecular formula is C22H31N3O4S. The number of hydrogen-bond acceptors (Lipinski definition) is 5. The minimum atomic E-state index is -3.58. The van der Waals surface area contributed by atoms with Crippen molar-refractivity contribution >= 4 is 15.9 Å². The average Bonchev–Trinajstić information content (AvgIpc) is 2.75. The van der Waals surface area contributed by atoms with Crippen LogP contribution in [0.5, 0.6) is 5.75 Å². The van der Waals surface area contributed by atoms with Crippen molar-refractivity contribution in [2.24, 2.45) is 0 Å². The Morgan fingerprint density at radius 1 is 1.13 bits per heavy atom. The summed E-state index contributed by atoms with van der Waals surface area (Å²) in [5.74, 6) is 0.613. The topological polar surface area (TPSA) is 79.0 Å². The predicted molar refractivity (Wildman–Crippen MR) is 118 cm³/mol. The van der Waals surface area contributed by atoms with E-state index in [1.807, 2.05) is 43.0 Å². The molecule has 2 aromatic carbocycles. The molecule has 2 aromatic rings. The van der Waals surface area contributed by atoms with Gasteiger partial charge in [-0.1, -0.05) is 37.3 Å². The van der Waals surface area contributed by atoms with Crippen molar-refractivity contribution in [1.29, 1.82) is 0 Å². The molecular weight excluding hydrogens is 402 g/mol. The van der Waals surface area contributed by atoms with Gasteiger partial charge in [0, 0.05) is 26.7 Å². The predicted octanol–water partition coefficient (Wildman–Crippen LogP) is 2.64. The highest BCUT2D eigenvalue weighted by Gasteiger charge is 2.22. The summed E-state index contributed by atoms with van der Waals surface area (Å²) >= 11 is 0. The van der Waals surface area contributed by atoms with Gasteiger partial charge in [0.25, 0.3) is 0 Å². The molecule has 7 nitrogen and oxygen atoms in total. The van der Waals surface area contributed by atoms with Crippen molar-refractivity contribution < 1.29 is 17.9 Å². The lowest BCUT2D eigenvalue weighted by molar-refractivity contribution is -0.122. The van der Waals surface area contributed by atoms with Gasteiger partial charge in [0.1, 0.15) is 5.75 Å². The first kappa shape index (κ1) is 23.9. The molecule has 0 spiro atoms. The summed E-state index contributed by atoms with van der Waals surface area (Å²) in [4.78, 5) is 14.9. The van der Waals surface area contributed by atoms with Crippen LogP contribution in [0.25, 0.3) is 0 Å². The summed E-state index contributed by atoms with van der Waals surface area (Å²) in [6.45, 7) is 5.09. The van der Waals surface area contributed by atoms with E-state index in [2.05, 4.69) is 5.32 Å². The first-order valence-electron chi connectivity index (χ1n) is 9.85. The number of amides is 1. The number of carbonyl (C=O) groups is 1. The van der Waals surface area contributed by atoms with Crippen LogP contribution in [-0.2, 0) is 21.4 Å². The highest BCUT2D eigenvalue weighted by atomic mass is 32.2. The number of methoxy groups -OCH3 is 1. The monoisotopic (exact) mass is 433 g/mol. The SMILES string of the molecule is CCN(CC(=O)NCc1ccccc1S(=O)(=O)N(C)C)C(C)c1cccc(OC)c1. The van der Waals surface area contributed by atoms with E-state index in [1.54, 1.807) is 31.4 Å². The molecule has 0 aliphatic heterocycles. The maximum absolute atomic E-state index is 12.6. The molecule has 0 bridgehead atoms. The minimum absolute atomic E-state index is 0.0252. The zero-order chi connectivity index (χ0) is 22.3. The first-order valence-corrected chi connectivity index (χ1v) is 11.3. The Balaban J connectivity index is 2.07. The number of nitrogens with one attached hydrogen (secondary N) is 1. The molecule has 164 valence electrons. The van der Waals surface area contributed by atoms with Gasteiger partial charge < -0.3 is 10.1 Å². The van der Waals surface area contributed by atoms with Gasteiger partial charge in [-0.3, -0.25) is 9.69 Å². The van der Waals surface area contributed by atoms with Gasteiger partial charge in [-0.25, -0.2) is 12.7 Å². The van der Waals surface area contributed by atoms with E-state index in [0.29, 0.717) is 12.1 Å². The van der Waals surface area contributed by atoms with E-state index >= 15 is 0 Å². The maximum atomic E-state index is 12.6. The van der Waals surface area contributed by atoms with Crippen LogP contribution in [0.2, 0.25) is 0 Å².